The molecule has 0 saturated heterocycles. The van der Waals surface area contributed by atoms with Crippen LogP contribution in [0.15, 0.2) is 0 Å². The highest BCUT2D eigenvalue weighted by Gasteiger charge is 2.37. The average Bonchev–Trinajstić information content (AvgIpc) is 2.26. The predicted octanol–water partition coefficient (Wildman–Crippen LogP) is 4.23. The van der Waals surface area contributed by atoms with Crippen LogP contribution in [-0.4, -0.2) is 13.1 Å². The molecule has 1 aliphatic carbocycles. The van der Waals surface area contributed by atoms with Crippen molar-refractivity contribution in [1.29, 1.82) is 0 Å². The Kier molecular flexibility index (Phi) is 4.85. The zero-order valence-corrected chi connectivity index (χ0v) is 12.0. The minimum absolute atomic E-state index is 0.512. The van der Waals surface area contributed by atoms with Crippen LogP contribution in [0.25, 0.3) is 0 Å². The summed E-state index contributed by atoms with van der Waals surface area (Å²) in [5.74, 6) is 0.939. The van der Waals surface area contributed by atoms with Gasteiger partial charge >= 0.3 is 0 Å². The van der Waals surface area contributed by atoms with Crippen molar-refractivity contribution in [3.8, 4) is 0 Å². The quantitative estimate of drug-likeness (QED) is 0.755. The summed E-state index contributed by atoms with van der Waals surface area (Å²) < 4.78 is 0. The van der Waals surface area contributed by atoms with Gasteiger partial charge in [-0.05, 0) is 55.4 Å². The van der Waals surface area contributed by atoms with E-state index in [1.54, 1.807) is 0 Å². The van der Waals surface area contributed by atoms with Crippen LogP contribution in [0.2, 0.25) is 0 Å². The second-order valence-corrected chi connectivity index (χ2v) is 6.77. The van der Waals surface area contributed by atoms with E-state index in [4.69, 9.17) is 0 Å². The largest absolute Gasteiger partial charge is 0.316 e. The molecule has 16 heavy (non-hydrogen) atoms. The van der Waals surface area contributed by atoms with E-state index in [-0.39, 0.29) is 0 Å². The van der Waals surface area contributed by atoms with E-state index in [9.17, 15) is 0 Å². The Morgan fingerprint density at radius 2 is 1.69 bits per heavy atom. The van der Waals surface area contributed by atoms with Gasteiger partial charge in [-0.2, -0.15) is 0 Å². The average molecular weight is 225 g/mol. The first-order valence-electron chi connectivity index (χ1n) is 7.14. The smallest absolute Gasteiger partial charge is 0.000759 e. The zero-order chi connectivity index (χ0) is 12.2. The van der Waals surface area contributed by atoms with E-state index in [2.05, 4.69) is 39.9 Å². The summed E-state index contributed by atoms with van der Waals surface area (Å²) in [5.41, 5.74) is 1.12. The van der Waals surface area contributed by atoms with Crippen molar-refractivity contribution >= 4 is 0 Å². The highest BCUT2D eigenvalue weighted by Crippen LogP contribution is 2.46. The lowest BCUT2D eigenvalue weighted by Gasteiger charge is -2.44. The number of rotatable bonds is 4. The molecule has 1 fully saturated rings. The molecule has 0 spiro atoms. The third-order valence-corrected chi connectivity index (χ3v) is 4.77. The molecule has 1 saturated carbocycles. The first kappa shape index (κ1) is 14.0. The Morgan fingerprint density at radius 3 is 2.06 bits per heavy atom. The lowest BCUT2D eigenvalue weighted by molar-refractivity contribution is 0.0837. The maximum atomic E-state index is 3.56. The molecule has 0 aliphatic heterocycles. The fourth-order valence-electron chi connectivity index (χ4n) is 3.14. The summed E-state index contributed by atoms with van der Waals surface area (Å²) in [6.07, 6.45) is 7.07. The Labute approximate surface area is 102 Å². The molecule has 1 heteroatoms. The summed E-state index contributed by atoms with van der Waals surface area (Å²) in [5, 5.41) is 3.56. The van der Waals surface area contributed by atoms with Crippen molar-refractivity contribution in [1.82, 2.24) is 5.32 Å². The van der Waals surface area contributed by atoms with Gasteiger partial charge in [-0.3, -0.25) is 0 Å². The number of hydrogen-bond acceptors (Lipinski definition) is 1. The van der Waals surface area contributed by atoms with Gasteiger partial charge in [-0.15, -0.1) is 0 Å². The monoisotopic (exact) mass is 225 g/mol. The fraction of sp³-hybridized carbons (Fsp3) is 1.00. The molecular formula is C15H31N. The molecule has 96 valence electrons. The molecule has 0 aromatic carbocycles. The van der Waals surface area contributed by atoms with Crippen molar-refractivity contribution < 1.29 is 0 Å². The van der Waals surface area contributed by atoms with Gasteiger partial charge in [0.1, 0.15) is 0 Å². The van der Waals surface area contributed by atoms with E-state index >= 15 is 0 Å². The Morgan fingerprint density at radius 1 is 1.12 bits per heavy atom. The van der Waals surface area contributed by atoms with Crippen molar-refractivity contribution in [2.24, 2.45) is 16.7 Å². The molecule has 0 radical (unpaired) electrons. The molecule has 1 N–H and O–H groups in total. The summed E-state index contributed by atoms with van der Waals surface area (Å²) in [6, 6.07) is 0. The number of hydrogen-bond donors (Lipinski definition) is 1. The lowest BCUT2D eigenvalue weighted by Crippen LogP contribution is -2.39. The Hall–Kier alpha value is -0.0400. The van der Waals surface area contributed by atoms with Gasteiger partial charge in [0.05, 0.1) is 0 Å². The predicted molar refractivity (Wildman–Crippen MR) is 72.7 cm³/mol. The SMILES string of the molecule is CCNCC1(CC)CCC(C(C)(C)C)CC1. The third-order valence-electron chi connectivity index (χ3n) is 4.77. The molecule has 0 heterocycles. The van der Waals surface area contributed by atoms with Crippen LogP contribution >= 0.6 is 0 Å². The molecule has 1 nitrogen and oxygen atoms in total. The fourth-order valence-corrected chi connectivity index (χ4v) is 3.14. The maximum Gasteiger partial charge on any atom is 0.000759 e. The van der Waals surface area contributed by atoms with Crippen molar-refractivity contribution in [2.45, 2.75) is 66.7 Å². The van der Waals surface area contributed by atoms with Crippen LogP contribution in [0.1, 0.15) is 66.7 Å². The molecular weight excluding hydrogens is 194 g/mol. The van der Waals surface area contributed by atoms with Crippen LogP contribution in [-0.2, 0) is 0 Å². The highest BCUT2D eigenvalue weighted by molar-refractivity contribution is 4.89. The van der Waals surface area contributed by atoms with Gasteiger partial charge in [0.2, 0.25) is 0 Å². The summed E-state index contributed by atoms with van der Waals surface area (Å²) in [6.45, 7) is 14.1. The molecule has 1 rings (SSSR count). The van der Waals surface area contributed by atoms with E-state index < -0.39 is 0 Å². The normalized spacial score (nSPS) is 31.7. The minimum Gasteiger partial charge on any atom is -0.316 e. The maximum absolute atomic E-state index is 3.56. The molecule has 0 bridgehead atoms. The van der Waals surface area contributed by atoms with Crippen molar-refractivity contribution in [3.05, 3.63) is 0 Å². The molecule has 0 amide bonds. The molecule has 0 aromatic heterocycles. The van der Waals surface area contributed by atoms with Crippen LogP contribution < -0.4 is 5.32 Å². The zero-order valence-electron chi connectivity index (χ0n) is 12.0. The standard InChI is InChI=1S/C15H31N/c1-6-15(12-16-7-2)10-8-13(9-11-15)14(3,4)5/h13,16H,6-12H2,1-5H3. The van der Waals surface area contributed by atoms with Gasteiger partial charge in [-0.25, -0.2) is 0 Å². The second kappa shape index (κ2) is 5.53. The topological polar surface area (TPSA) is 12.0 Å². The van der Waals surface area contributed by atoms with Crippen molar-refractivity contribution in [3.63, 3.8) is 0 Å². The molecule has 0 atom stereocenters. The van der Waals surface area contributed by atoms with Gasteiger partial charge in [-0.1, -0.05) is 34.6 Å². The second-order valence-electron chi connectivity index (χ2n) is 6.77. The van der Waals surface area contributed by atoms with E-state index in [0.717, 1.165) is 12.5 Å². The van der Waals surface area contributed by atoms with Crippen LogP contribution in [0.5, 0.6) is 0 Å². The summed E-state index contributed by atoms with van der Waals surface area (Å²) >= 11 is 0. The van der Waals surface area contributed by atoms with E-state index in [1.807, 2.05) is 0 Å². The summed E-state index contributed by atoms with van der Waals surface area (Å²) in [7, 11) is 0. The molecule has 0 unspecified atom stereocenters. The molecule has 1 aliphatic rings. The first-order chi connectivity index (χ1) is 7.43. The van der Waals surface area contributed by atoms with E-state index in [0.29, 0.717) is 10.8 Å². The summed E-state index contributed by atoms with van der Waals surface area (Å²) in [4.78, 5) is 0. The highest BCUT2D eigenvalue weighted by atomic mass is 14.9. The molecule has 0 aromatic rings. The first-order valence-corrected chi connectivity index (χ1v) is 7.14. The minimum atomic E-state index is 0.512. The van der Waals surface area contributed by atoms with Gasteiger partial charge in [0.25, 0.3) is 0 Å². The van der Waals surface area contributed by atoms with Gasteiger partial charge in [0, 0.05) is 6.54 Å². The van der Waals surface area contributed by atoms with Crippen LogP contribution in [0, 0.1) is 16.7 Å². The van der Waals surface area contributed by atoms with E-state index in [1.165, 1.54) is 38.6 Å². The van der Waals surface area contributed by atoms with Gasteiger partial charge in [0.15, 0.2) is 0 Å². The number of nitrogens with one attached hydrogen (secondary N) is 1. The van der Waals surface area contributed by atoms with Gasteiger partial charge < -0.3 is 5.32 Å². The Bertz CT molecular complexity index is 194. The van der Waals surface area contributed by atoms with Crippen molar-refractivity contribution in [2.75, 3.05) is 13.1 Å². The lowest BCUT2D eigenvalue weighted by atomic mass is 9.63. The van der Waals surface area contributed by atoms with Crippen LogP contribution in [0.4, 0.5) is 0 Å². The van der Waals surface area contributed by atoms with Crippen LogP contribution in [0.3, 0.4) is 0 Å². The third kappa shape index (κ3) is 3.48. The Balaban J connectivity index is 2.50.